The summed E-state index contributed by atoms with van der Waals surface area (Å²) in [5.74, 6) is -0.0325. The molecule has 0 spiro atoms. The van der Waals surface area contributed by atoms with E-state index in [4.69, 9.17) is 0 Å². The third-order valence-electron chi connectivity index (χ3n) is 1.89. The molecule has 0 heterocycles. The van der Waals surface area contributed by atoms with Crippen molar-refractivity contribution in [1.82, 2.24) is 0 Å². The predicted molar refractivity (Wildman–Crippen MR) is 68.6 cm³/mol. The summed E-state index contributed by atoms with van der Waals surface area (Å²) >= 11 is 0. The topological polar surface area (TPSA) is 49.3 Å². The van der Waals surface area contributed by atoms with E-state index in [1.165, 1.54) is 13.0 Å². The number of anilines is 1. The minimum absolute atomic E-state index is 0.136. The summed E-state index contributed by atoms with van der Waals surface area (Å²) in [6.45, 7) is 10.9. The molecule has 16 heavy (non-hydrogen) atoms. The average Bonchev–Trinajstić information content (AvgIpc) is 2.19. The number of rotatable bonds is 2. The van der Waals surface area contributed by atoms with E-state index in [-0.39, 0.29) is 11.7 Å². The zero-order chi connectivity index (χ0) is 12.7. The fourth-order valence-corrected chi connectivity index (χ4v) is 1.34. The highest BCUT2D eigenvalue weighted by Crippen LogP contribution is 2.26. The number of phenols is 1. The number of hydrogen-bond donors (Lipinski definition) is 2. The second-order valence-electron chi connectivity index (χ2n) is 3.11. The lowest BCUT2D eigenvalue weighted by molar-refractivity contribution is -0.114. The van der Waals surface area contributed by atoms with Gasteiger partial charge in [0.25, 0.3) is 0 Å². The van der Waals surface area contributed by atoms with Crippen molar-refractivity contribution in [2.45, 2.75) is 27.7 Å². The van der Waals surface area contributed by atoms with Gasteiger partial charge in [-0.05, 0) is 18.6 Å². The van der Waals surface area contributed by atoms with Crippen molar-refractivity contribution in [3.05, 3.63) is 29.8 Å². The summed E-state index contributed by atoms with van der Waals surface area (Å²) in [6.07, 6.45) is 1.65. The molecule has 0 bridgehead atoms. The van der Waals surface area contributed by atoms with Crippen molar-refractivity contribution < 1.29 is 9.90 Å². The summed E-state index contributed by atoms with van der Waals surface area (Å²) in [5.41, 5.74) is 2.30. The van der Waals surface area contributed by atoms with E-state index in [0.717, 1.165) is 11.1 Å². The number of aryl methyl sites for hydroxylation is 1. The monoisotopic (exact) mass is 221 g/mol. The number of amides is 1. The molecule has 0 unspecified atom stereocenters. The highest BCUT2D eigenvalue weighted by atomic mass is 16.3. The molecule has 1 amide bonds. The Bertz CT molecular complexity index is 384. The van der Waals surface area contributed by atoms with Crippen LogP contribution in [-0.2, 0) is 4.79 Å². The van der Waals surface area contributed by atoms with Crippen LogP contribution in [0.3, 0.4) is 0 Å². The SMILES string of the molecule is C=Cc1c(C)cc(O)cc1NC(C)=O.CC. The number of benzene rings is 1. The van der Waals surface area contributed by atoms with Crippen LogP contribution in [-0.4, -0.2) is 11.0 Å². The predicted octanol–water partition coefficient (Wildman–Crippen LogP) is 3.33. The molecule has 0 aliphatic heterocycles. The van der Waals surface area contributed by atoms with Gasteiger partial charge in [-0.25, -0.2) is 0 Å². The largest absolute Gasteiger partial charge is 0.508 e. The van der Waals surface area contributed by atoms with Crippen LogP contribution in [0.25, 0.3) is 6.08 Å². The third kappa shape index (κ3) is 3.77. The van der Waals surface area contributed by atoms with Crippen LogP contribution in [0.4, 0.5) is 5.69 Å². The van der Waals surface area contributed by atoms with Crippen LogP contribution in [0, 0.1) is 6.92 Å². The summed E-state index contributed by atoms with van der Waals surface area (Å²) < 4.78 is 0. The number of carbonyl (C=O) groups is 1. The molecule has 0 saturated heterocycles. The van der Waals surface area contributed by atoms with Crippen LogP contribution in [0.15, 0.2) is 18.7 Å². The Hall–Kier alpha value is -1.77. The van der Waals surface area contributed by atoms with Crippen LogP contribution >= 0.6 is 0 Å². The molecule has 2 N–H and O–H groups in total. The first-order valence-corrected chi connectivity index (χ1v) is 5.28. The van der Waals surface area contributed by atoms with Gasteiger partial charge in [0.2, 0.25) is 5.91 Å². The lowest BCUT2D eigenvalue weighted by Gasteiger charge is -2.10. The van der Waals surface area contributed by atoms with Gasteiger partial charge >= 0.3 is 0 Å². The maximum atomic E-state index is 10.9. The van der Waals surface area contributed by atoms with Gasteiger partial charge in [-0.3, -0.25) is 4.79 Å². The van der Waals surface area contributed by atoms with E-state index in [9.17, 15) is 9.90 Å². The van der Waals surface area contributed by atoms with Gasteiger partial charge in [-0.1, -0.05) is 26.5 Å². The fraction of sp³-hybridized carbons (Fsp3) is 0.308. The van der Waals surface area contributed by atoms with Crippen molar-refractivity contribution in [2.75, 3.05) is 5.32 Å². The lowest BCUT2D eigenvalue weighted by atomic mass is 10.1. The van der Waals surface area contributed by atoms with Gasteiger partial charge in [0.1, 0.15) is 5.75 Å². The van der Waals surface area contributed by atoms with E-state index in [0.29, 0.717) is 5.69 Å². The highest BCUT2D eigenvalue weighted by molar-refractivity contribution is 5.91. The minimum Gasteiger partial charge on any atom is -0.508 e. The molecule has 0 aromatic heterocycles. The van der Waals surface area contributed by atoms with Gasteiger partial charge in [0, 0.05) is 18.6 Å². The molecule has 1 aromatic rings. The highest BCUT2D eigenvalue weighted by Gasteiger charge is 2.06. The Morgan fingerprint density at radius 1 is 1.44 bits per heavy atom. The molecule has 0 saturated carbocycles. The van der Waals surface area contributed by atoms with E-state index in [1.54, 1.807) is 12.1 Å². The molecule has 0 aliphatic carbocycles. The number of carbonyl (C=O) groups excluding carboxylic acids is 1. The Kier molecular flexibility index (Phi) is 5.93. The number of phenolic OH excluding ortho intramolecular Hbond substituents is 1. The normalized spacial score (nSPS) is 8.75. The average molecular weight is 221 g/mol. The van der Waals surface area contributed by atoms with Crippen molar-refractivity contribution in [1.29, 1.82) is 0 Å². The lowest BCUT2D eigenvalue weighted by Crippen LogP contribution is -2.07. The summed E-state index contributed by atoms with van der Waals surface area (Å²) in [7, 11) is 0. The Balaban J connectivity index is 0.00000106. The molecular formula is C13H19NO2. The molecule has 1 rings (SSSR count). The third-order valence-corrected chi connectivity index (χ3v) is 1.89. The van der Waals surface area contributed by atoms with Crippen molar-refractivity contribution in [2.24, 2.45) is 0 Å². The first-order chi connectivity index (χ1) is 7.54. The molecule has 0 fully saturated rings. The molecule has 0 aliphatic rings. The van der Waals surface area contributed by atoms with E-state index in [1.807, 2.05) is 20.8 Å². The first-order valence-electron chi connectivity index (χ1n) is 5.28. The maximum Gasteiger partial charge on any atom is 0.221 e. The van der Waals surface area contributed by atoms with E-state index >= 15 is 0 Å². The summed E-state index contributed by atoms with van der Waals surface area (Å²) in [5, 5.41) is 12.0. The quantitative estimate of drug-likeness (QED) is 0.804. The standard InChI is InChI=1S/C11H13NO2.C2H6/c1-4-10-7(2)5-9(14)6-11(10)12-8(3)13;1-2/h4-6,14H,1H2,2-3H3,(H,12,13);1-2H3. The fourth-order valence-electron chi connectivity index (χ4n) is 1.34. The smallest absolute Gasteiger partial charge is 0.221 e. The first kappa shape index (κ1) is 14.2. The van der Waals surface area contributed by atoms with E-state index in [2.05, 4.69) is 11.9 Å². The summed E-state index contributed by atoms with van der Waals surface area (Å²) in [6, 6.07) is 3.13. The Morgan fingerprint density at radius 3 is 2.44 bits per heavy atom. The molecule has 1 aromatic carbocycles. The Morgan fingerprint density at radius 2 is 2.00 bits per heavy atom. The minimum atomic E-state index is -0.168. The number of hydrogen-bond acceptors (Lipinski definition) is 2. The number of aromatic hydroxyl groups is 1. The van der Waals surface area contributed by atoms with E-state index < -0.39 is 0 Å². The molecule has 3 nitrogen and oxygen atoms in total. The van der Waals surface area contributed by atoms with Gasteiger partial charge in [0.05, 0.1) is 5.69 Å². The molecule has 0 atom stereocenters. The van der Waals surface area contributed by atoms with Crippen molar-refractivity contribution >= 4 is 17.7 Å². The molecule has 3 heteroatoms. The zero-order valence-corrected chi connectivity index (χ0v) is 10.3. The van der Waals surface area contributed by atoms with Gasteiger partial charge in [-0.15, -0.1) is 0 Å². The van der Waals surface area contributed by atoms with Crippen molar-refractivity contribution in [3.8, 4) is 5.75 Å². The van der Waals surface area contributed by atoms with Crippen LogP contribution in [0.5, 0.6) is 5.75 Å². The van der Waals surface area contributed by atoms with Crippen molar-refractivity contribution in [3.63, 3.8) is 0 Å². The van der Waals surface area contributed by atoms with Crippen LogP contribution in [0.1, 0.15) is 31.9 Å². The van der Waals surface area contributed by atoms with Gasteiger partial charge in [0.15, 0.2) is 0 Å². The van der Waals surface area contributed by atoms with Crippen LogP contribution in [0.2, 0.25) is 0 Å². The second kappa shape index (κ2) is 6.67. The van der Waals surface area contributed by atoms with Gasteiger partial charge < -0.3 is 10.4 Å². The number of nitrogens with one attached hydrogen (secondary N) is 1. The molecular weight excluding hydrogens is 202 g/mol. The molecule has 88 valence electrons. The molecule has 0 radical (unpaired) electrons. The van der Waals surface area contributed by atoms with Crippen LogP contribution < -0.4 is 5.32 Å². The maximum absolute atomic E-state index is 10.9. The van der Waals surface area contributed by atoms with Gasteiger partial charge in [-0.2, -0.15) is 0 Å². The second-order valence-corrected chi connectivity index (χ2v) is 3.11. The summed E-state index contributed by atoms with van der Waals surface area (Å²) in [4.78, 5) is 10.9. The Labute approximate surface area is 96.8 Å². The zero-order valence-electron chi connectivity index (χ0n) is 10.3.